The molecule has 198 valence electrons. The van der Waals surface area contributed by atoms with Crippen LogP contribution in [-0.2, 0) is 30.9 Å². The second-order valence-corrected chi connectivity index (χ2v) is 9.46. The Morgan fingerprint density at radius 3 is 2.44 bits per heavy atom. The number of aliphatic hydroxyl groups is 1. The van der Waals surface area contributed by atoms with Gasteiger partial charge in [0.05, 0.1) is 30.3 Å². The number of amides is 2. The zero-order chi connectivity index (χ0) is 27.2. The van der Waals surface area contributed by atoms with E-state index in [-0.39, 0.29) is 41.6 Å². The van der Waals surface area contributed by atoms with Crippen molar-refractivity contribution in [3.05, 3.63) is 33.7 Å². The molecule has 1 heterocycles. The lowest BCUT2D eigenvalue weighted by Gasteiger charge is -2.16. The summed E-state index contributed by atoms with van der Waals surface area (Å²) < 4.78 is 37.6. The van der Waals surface area contributed by atoms with Crippen molar-refractivity contribution in [3.8, 4) is 0 Å². The number of aliphatic carboxylic acids is 1. The summed E-state index contributed by atoms with van der Waals surface area (Å²) in [5.74, 6) is -2.62. The summed E-state index contributed by atoms with van der Waals surface area (Å²) in [7, 11) is -4.62. The minimum absolute atomic E-state index is 0.000554. The number of hydrogen-bond donors (Lipinski definition) is 7. The number of nitrogens with two attached hydrogens (primary N) is 2. The molecule has 15 heteroatoms. The lowest BCUT2D eigenvalue weighted by atomic mass is 10.0. The topological polar surface area (TPSA) is 252 Å². The Kier molecular flexibility index (Phi) is 9.52. The Labute approximate surface area is 205 Å². The first-order chi connectivity index (χ1) is 16.8. The summed E-state index contributed by atoms with van der Waals surface area (Å²) in [6.07, 6.45) is 0.696. The van der Waals surface area contributed by atoms with E-state index in [1.807, 2.05) is 0 Å². The molecule has 0 unspecified atom stereocenters. The summed E-state index contributed by atoms with van der Waals surface area (Å²) in [5.41, 5.74) is 10.5. The monoisotopic (exact) mass is 528 g/mol. The molecule has 0 saturated heterocycles. The second kappa shape index (κ2) is 11.9. The number of carboxylic acid groups (broad SMARTS) is 1. The number of benzene rings is 1. The van der Waals surface area contributed by atoms with E-state index in [1.54, 1.807) is 0 Å². The van der Waals surface area contributed by atoms with Gasteiger partial charge in [-0.1, -0.05) is 0 Å². The number of rotatable bonds is 12. The molecule has 9 N–H and O–H groups in total. The number of hydrogen-bond acceptors (Lipinski definition) is 10. The predicted octanol–water partition coefficient (Wildman–Crippen LogP) is -1.35. The summed E-state index contributed by atoms with van der Waals surface area (Å²) in [6.45, 7) is 0.928. The van der Waals surface area contributed by atoms with E-state index in [0.29, 0.717) is 18.4 Å². The van der Waals surface area contributed by atoms with Crippen LogP contribution in [0.3, 0.4) is 0 Å². The van der Waals surface area contributed by atoms with E-state index in [4.69, 9.17) is 26.1 Å². The van der Waals surface area contributed by atoms with Gasteiger partial charge in [-0.05, 0) is 37.8 Å². The molecule has 14 nitrogen and oxygen atoms in total. The number of aryl methyl sites for hydroxylation is 1. The number of fused-ring (bicyclic) bond motifs is 1. The van der Waals surface area contributed by atoms with Crippen molar-refractivity contribution in [2.24, 2.45) is 5.73 Å². The van der Waals surface area contributed by atoms with Crippen molar-refractivity contribution in [2.75, 3.05) is 18.9 Å². The van der Waals surface area contributed by atoms with Gasteiger partial charge in [-0.15, -0.1) is 0 Å². The Morgan fingerprint density at radius 2 is 1.86 bits per heavy atom. The van der Waals surface area contributed by atoms with Crippen LogP contribution in [0, 0.1) is 6.92 Å². The van der Waals surface area contributed by atoms with E-state index in [9.17, 15) is 32.1 Å². The van der Waals surface area contributed by atoms with Gasteiger partial charge in [0.1, 0.15) is 16.5 Å². The van der Waals surface area contributed by atoms with Gasteiger partial charge in [-0.3, -0.25) is 14.1 Å². The SMILES string of the molecule is Cc1c(CC(=O)NCCCC[C@H](N)C(=O)N[C@@H](CO)C(=O)O)c(=O)oc2cc(N)c(S(=O)(=O)O)cc12. The summed E-state index contributed by atoms with van der Waals surface area (Å²) >= 11 is 0. The van der Waals surface area contributed by atoms with Gasteiger partial charge in [0.2, 0.25) is 11.8 Å². The van der Waals surface area contributed by atoms with Crippen molar-refractivity contribution in [1.29, 1.82) is 0 Å². The molecule has 2 rings (SSSR count). The summed E-state index contributed by atoms with van der Waals surface area (Å²) in [5, 5.41) is 22.7. The zero-order valence-corrected chi connectivity index (χ0v) is 20.1. The van der Waals surface area contributed by atoms with Gasteiger partial charge in [-0.2, -0.15) is 8.42 Å². The van der Waals surface area contributed by atoms with Crippen LogP contribution in [0.15, 0.2) is 26.2 Å². The van der Waals surface area contributed by atoms with Crippen LogP contribution in [0.1, 0.15) is 30.4 Å². The van der Waals surface area contributed by atoms with Gasteiger partial charge >= 0.3 is 11.6 Å². The Morgan fingerprint density at radius 1 is 1.19 bits per heavy atom. The highest BCUT2D eigenvalue weighted by molar-refractivity contribution is 7.86. The fourth-order valence-corrected chi connectivity index (χ4v) is 4.02. The molecule has 2 amide bonds. The third kappa shape index (κ3) is 7.24. The number of aliphatic hydroxyl groups excluding tert-OH is 1. The maximum Gasteiger partial charge on any atom is 0.340 e. The Hall–Kier alpha value is -3.53. The molecule has 0 aliphatic rings. The van der Waals surface area contributed by atoms with Crippen LogP contribution in [0.25, 0.3) is 11.0 Å². The maximum atomic E-state index is 12.4. The lowest BCUT2D eigenvalue weighted by molar-refractivity contribution is -0.143. The first-order valence-corrected chi connectivity index (χ1v) is 12.2. The summed E-state index contributed by atoms with van der Waals surface area (Å²) in [4.78, 5) is 46.9. The average molecular weight is 529 g/mol. The van der Waals surface area contributed by atoms with Gasteiger partial charge in [-0.25, -0.2) is 9.59 Å². The van der Waals surface area contributed by atoms with E-state index in [1.165, 1.54) is 6.92 Å². The van der Waals surface area contributed by atoms with Crippen LogP contribution in [0.2, 0.25) is 0 Å². The minimum atomic E-state index is -4.62. The van der Waals surface area contributed by atoms with Crippen LogP contribution in [0.5, 0.6) is 0 Å². The molecule has 36 heavy (non-hydrogen) atoms. The third-order valence-electron chi connectivity index (χ3n) is 5.43. The van der Waals surface area contributed by atoms with Gasteiger partial charge < -0.3 is 36.7 Å². The van der Waals surface area contributed by atoms with Crippen molar-refractivity contribution in [1.82, 2.24) is 10.6 Å². The molecular weight excluding hydrogens is 500 g/mol. The highest BCUT2D eigenvalue weighted by atomic mass is 32.2. The molecule has 2 aromatic rings. The van der Waals surface area contributed by atoms with Crippen molar-refractivity contribution in [2.45, 2.75) is 49.6 Å². The first-order valence-electron chi connectivity index (χ1n) is 10.8. The number of carbonyl (C=O) groups is 3. The molecule has 1 aromatic heterocycles. The largest absolute Gasteiger partial charge is 0.480 e. The molecular formula is C21H28N4O10S. The van der Waals surface area contributed by atoms with Crippen molar-refractivity contribution >= 4 is 44.6 Å². The maximum absolute atomic E-state index is 12.4. The summed E-state index contributed by atoms with van der Waals surface area (Å²) in [6, 6.07) is -0.275. The number of anilines is 1. The Bertz CT molecular complexity index is 1320. The predicted molar refractivity (Wildman–Crippen MR) is 127 cm³/mol. The standard InChI is InChI=1S/C21H28N4O10S/c1-10-11-6-17(36(32,33)34)14(23)8-16(11)35-21(31)12(10)7-18(27)24-5-3-2-4-13(22)19(28)25-15(9-26)20(29)30/h6,8,13,15,26H,2-5,7,9,22-23H2,1H3,(H,24,27)(H,25,28)(H,29,30)(H,32,33,34)/t13-,15-/m0/s1. The molecule has 0 bridgehead atoms. The van der Waals surface area contributed by atoms with Crippen molar-refractivity contribution in [3.63, 3.8) is 0 Å². The molecule has 0 fully saturated rings. The van der Waals surface area contributed by atoms with E-state index < -0.39 is 57.1 Å². The zero-order valence-electron chi connectivity index (χ0n) is 19.3. The number of nitrogen functional groups attached to an aromatic ring is 1. The van der Waals surface area contributed by atoms with Crippen LogP contribution < -0.4 is 27.7 Å². The molecule has 1 aromatic carbocycles. The smallest absolute Gasteiger partial charge is 0.340 e. The van der Waals surface area contributed by atoms with E-state index in [0.717, 1.165) is 12.1 Å². The highest BCUT2D eigenvalue weighted by Crippen LogP contribution is 2.28. The van der Waals surface area contributed by atoms with Crippen molar-refractivity contribution < 1.29 is 42.0 Å². The Balaban J connectivity index is 1.95. The normalized spacial score (nSPS) is 13.2. The molecule has 0 radical (unpaired) electrons. The number of unbranched alkanes of at least 4 members (excludes halogenated alkanes) is 1. The number of carboxylic acids is 1. The van der Waals surface area contributed by atoms with Crippen LogP contribution in [-0.4, -0.2) is 66.2 Å². The first kappa shape index (κ1) is 28.7. The quantitative estimate of drug-likeness (QED) is 0.0730. The molecule has 0 aliphatic heterocycles. The van der Waals surface area contributed by atoms with Gasteiger partial charge in [0.25, 0.3) is 10.1 Å². The van der Waals surface area contributed by atoms with Crippen LogP contribution >= 0.6 is 0 Å². The highest BCUT2D eigenvalue weighted by Gasteiger charge is 2.23. The lowest BCUT2D eigenvalue weighted by Crippen LogP contribution is -2.49. The van der Waals surface area contributed by atoms with E-state index >= 15 is 0 Å². The molecule has 0 spiro atoms. The molecule has 2 atom stereocenters. The van der Waals surface area contributed by atoms with Gasteiger partial charge in [0.15, 0.2) is 0 Å². The third-order valence-corrected chi connectivity index (χ3v) is 6.34. The van der Waals surface area contributed by atoms with E-state index in [2.05, 4.69) is 10.6 Å². The van der Waals surface area contributed by atoms with Gasteiger partial charge in [0, 0.05) is 18.0 Å². The number of nitrogens with one attached hydrogen (secondary N) is 2. The second-order valence-electron chi connectivity index (χ2n) is 8.07. The number of carbonyl (C=O) groups excluding carboxylic acids is 2. The fraction of sp³-hybridized carbons (Fsp3) is 0.429. The minimum Gasteiger partial charge on any atom is -0.480 e. The van der Waals surface area contributed by atoms with Crippen LogP contribution in [0.4, 0.5) is 5.69 Å². The molecule has 0 saturated carbocycles. The molecule has 0 aliphatic carbocycles. The average Bonchev–Trinajstić information content (AvgIpc) is 2.78. The fourth-order valence-electron chi connectivity index (χ4n) is 3.39.